The van der Waals surface area contributed by atoms with Crippen LogP contribution in [0, 0.1) is 6.92 Å². The van der Waals surface area contributed by atoms with Crippen LogP contribution in [0.2, 0.25) is 0 Å². The van der Waals surface area contributed by atoms with Crippen molar-refractivity contribution in [2.24, 2.45) is 0 Å². The molecule has 0 aliphatic rings. The average Bonchev–Trinajstić information content (AvgIpc) is 2.95. The third-order valence-corrected chi connectivity index (χ3v) is 4.44. The van der Waals surface area contributed by atoms with Crippen molar-refractivity contribution >= 4 is 39.1 Å². The van der Waals surface area contributed by atoms with Crippen LogP contribution in [-0.4, -0.2) is 23.5 Å². The number of hydrogen-bond acceptors (Lipinski definition) is 5. The largest absolute Gasteiger partial charge is 0.462 e. The highest BCUT2D eigenvalue weighted by atomic mass is 32.1. The summed E-state index contributed by atoms with van der Waals surface area (Å²) < 4.78 is 5.05. The Balaban J connectivity index is 1.94. The van der Waals surface area contributed by atoms with E-state index < -0.39 is 5.97 Å². The summed E-state index contributed by atoms with van der Waals surface area (Å²) in [5, 5.41) is 4.09. The van der Waals surface area contributed by atoms with Crippen LogP contribution in [0.5, 0.6) is 0 Å². The SMILES string of the molecule is CCOC(=O)c1cc(C)sc1NC(=O)c1ccnc2ccccc12. The van der Waals surface area contributed by atoms with E-state index in [0.717, 1.165) is 15.8 Å². The minimum Gasteiger partial charge on any atom is -0.462 e. The molecule has 0 spiro atoms. The zero-order valence-corrected chi connectivity index (χ0v) is 14.1. The highest BCUT2D eigenvalue weighted by Crippen LogP contribution is 2.29. The van der Waals surface area contributed by atoms with Gasteiger partial charge in [0.2, 0.25) is 0 Å². The molecule has 0 aliphatic carbocycles. The number of aromatic nitrogens is 1. The van der Waals surface area contributed by atoms with E-state index >= 15 is 0 Å². The van der Waals surface area contributed by atoms with E-state index in [9.17, 15) is 9.59 Å². The van der Waals surface area contributed by atoms with E-state index in [4.69, 9.17) is 4.74 Å². The maximum atomic E-state index is 12.7. The van der Waals surface area contributed by atoms with Crippen LogP contribution in [0.15, 0.2) is 42.6 Å². The molecule has 2 aromatic heterocycles. The molecule has 3 rings (SSSR count). The Labute approximate surface area is 143 Å². The van der Waals surface area contributed by atoms with E-state index in [-0.39, 0.29) is 12.5 Å². The van der Waals surface area contributed by atoms with Gasteiger partial charge in [-0.1, -0.05) is 18.2 Å². The predicted molar refractivity (Wildman–Crippen MR) is 94.7 cm³/mol. The standard InChI is InChI=1S/C18H16N2O3S/c1-3-23-18(22)14-10-11(2)24-17(14)20-16(21)13-8-9-19-15-7-5-4-6-12(13)15/h4-10H,3H2,1-2H3,(H,20,21). The van der Waals surface area contributed by atoms with Crippen LogP contribution in [0.25, 0.3) is 10.9 Å². The monoisotopic (exact) mass is 340 g/mol. The number of nitrogens with zero attached hydrogens (tertiary/aromatic N) is 1. The van der Waals surface area contributed by atoms with E-state index in [1.165, 1.54) is 11.3 Å². The van der Waals surface area contributed by atoms with Crippen LogP contribution in [0.1, 0.15) is 32.5 Å². The van der Waals surface area contributed by atoms with Crippen molar-refractivity contribution in [3.05, 3.63) is 58.6 Å². The lowest BCUT2D eigenvalue weighted by atomic mass is 10.1. The molecule has 0 aliphatic heterocycles. The van der Waals surface area contributed by atoms with Gasteiger partial charge in [-0.05, 0) is 32.0 Å². The second kappa shape index (κ2) is 6.80. The molecule has 0 saturated carbocycles. The number of para-hydroxylation sites is 1. The van der Waals surface area contributed by atoms with E-state index in [0.29, 0.717) is 16.1 Å². The number of ether oxygens (including phenoxy) is 1. The Morgan fingerprint density at radius 1 is 1.21 bits per heavy atom. The van der Waals surface area contributed by atoms with Gasteiger partial charge < -0.3 is 10.1 Å². The van der Waals surface area contributed by atoms with Crippen molar-refractivity contribution in [1.82, 2.24) is 4.98 Å². The van der Waals surface area contributed by atoms with Gasteiger partial charge in [0.1, 0.15) is 5.00 Å². The summed E-state index contributed by atoms with van der Waals surface area (Å²) in [7, 11) is 0. The molecule has 1 amide bonds. The molecule has 0 radical (unpaired) electrons. The lowest BCUT2D eigenvalue weighted by molar-refractivity contribution is 0.0528. The summed E-state index contributed by atoms with van der Waals surface area (Å²) in [4.78, 5) is 29.9. The molecule has 0 unspecified atom stereocenters. The number of fused-ring (bicyclic) bond motifs is 1. The zero-order valence-electron chi connectivity index (χ0n) is 13.3. The molecule has 3 aromatic rings. The quantitative estimate of drug-likeness (QED) is 0.728. The molecule has 0 atom stereocenters. The minimum atomic E-state index is -0.434. The molecule has 5 nitrogen and oxygen atoms in total. The first-order chi connectivity index (χ1) is 11.6. The maximum Gasteiger partial charge on any atom is 0.341 e. The zero-order chi connectivity index (χ0) is 17.1. The third kappa shape index (κ3) is 3.14. The van der Waals surface area contributed by atoms with Crippen LogP contribution in [-0.2, 0) is 4.74 Å². The fourth-order valence-electron chi connectivity index (χ4n) is 2.43. The summed E-state index contributed by atoms with van der Waals surface area (Å²) in [5.74, 6) is -0.710. The second-order valence-electron chi connectivity index (χ2n) is 5.15. The molecule has 2 heterocycles. The summed E-state index contributed by atoms with van der Waals surface area (Å²) >= 11 is 1.35. The maximum absolute atomic E-state index is 12.7. The Kier molecular flexibility index (Phi) is 4.57. The number of carbonyl (C=O) groups is 2. The van der Waals surface area contributed by atoms with Crippen molar-refractivity contribution in [3.63, 3.8) is 0 Å². The van der Waals surface area contributed by atoms with E-state index in [2.05, 4.69) is 10.3 Å². The first-order valence-electron chi connectivity index (χ1n) is 7.52. The van der Waals surface area contributed by atoms with Crippen molar-refractivity contribution < 1.29 is 14.3 Å². The van der Waals surface area contributed by atoms with Crippen molar-refractivity contribution in [3.8, 4) is 0 Å². The fourth-order valence-corrected chi connectivity index (χ4v) is 3.33. The number of nitrogens with one attached hydrogen (secondary N) is 1. The molecule has 0 fully saturated rings. The number of anilines is 1. The molecule has 24 heavy (non-hydrogen) atoms. The van der Waals surface area contributed by atoms with Gasteiger partial charge in [0.15, 0.2) is 0 Å². The first kappa shape index (κ1) is 16.1. The number of pyridine rings is 1. The topological polar surface area (TPSA) is 68.3 Å². The van der Waals surface area contributed by atoms with Gasteiger partial charge in [-0.3, -0.25) is 9.78 Å². The number of esters is 1. The molecule has 0 saturated heterocycles. The van der Waals surface area contributed by atoms with Crippen LogP contribution < -0.4 is 5.32 Å². The van der Waals surface area contributed by atoms with Crippen LogP contribution in [0.4, 0.5) is 5.00 Å². The molecule has 0 bridgehead atoms. The van der Waals surface area contributed by atoms with Crippen LogP contribution >= 0.6 is 11.3 Å². The average molecular weight is 340 g/mol. The molecule has 1 N–H and O–H groups in total. The van der Waals surface area contributed by atoms with Gasteiger partial charge in [-0.2, -0.15) is 0 Å². The molecule has 1 aromatic carbocycles. The van der Waals surface area contributed by atoms with Gasteiger partial charge in [0.25, 0.3) is 5.91 Å². The van der Waals surface area contributed by atoms with E-state index in [1.54, 1.807) is 25.3 Å². The Morgan fingerprint density at radius 2 is 2.00 bits per heavy atom. The number of hydrogen-bond donors (Lipinski definition) is 1. The van der Waals surface area contributed by atoms with Crippen molar-refractivity contribution in [2.45, 2.75) is 13.8 Å². The summed E-state index contributed by atoms with van der Waals surface area (Å²) in [6.07, 6.45) is 1.60. The lowest BCUT2D eigenvalue weighted by Crippen LogP contribution is -2.14. The summed E-state index contributed by atoms with van der Waals surface area (Å²) in [5.41, 5.74) is 1.64. The molecule has 6 heteroatoms. The number of aryl methyl sites for hydroxylation is 1. The van der Waals surface area contributed by atoms with Crippen molar-refractivity contribution in [1.29, 1.82) is 0 Å². The Bertz CT molecular complexity index is 912. The van der Waals surface area contributed by atoms with Gasteiger partial charge in [0.05, 0.1) is 23.3 Å². The van der Waals surface area contributed by atoms with Gasteiger partial charge in [-0.15, -0.1) is 11.3 Å². The number of rotatable bonds is 4. The molecular weight excluding hydrogens is 324 g/mol. The smallest absolute Gasteiger partial charge is 0.341 e. The minimum absolute atomic E-state index is 0.277. The number of carbonyl (C=O) groups excluding carboxylic acids is 2. The molecule has 122 valence electrons. The normalized spacial score (nSPS) is 10.6. The predicted octanol–water partition coefficient (Wildman–Crippen LogP) is 4.03. The van der Waals surface area contributed by atoms with Gasteiger partial charge in [0, 0.05) is 16.5 Å². The molecular formula is C18H16N2O3S. The van der Waals surface area contributed by atoms with Crippen LogP contribution in [0.3, 0.4) is 0 Å². The summed E-state index contributed by atoms with van der Waals surface area (Å²) in [6.45, 7) is 3.92. The lowest BCUT2D eigenvalue weighted by Gasteiger charge is -2.08. The highest BCUT2D eigenvalue weighted by molar-refractivity contribution is 7.16. The fraction of sp³-hybridized carbons (Fsp3) is 0.167. The first-order valence-corrected chi connectivity index (χ1v) is 8.34. The Morgan fingerprint density at radius 3 is 2.79 bits per heavy atom. The number of amides is 1. The summed E-state index contributed by atoms with van der Waals surface area (Å²) in [6, 6.07) is 10.8. The van der Waals surface area contributed by atoms with Crippen molar-refractivity contribution in [2.75, 3.05) is 11.9 Å². The number of thiophene rings is 1. The third-order valence-electron chi connectivity index (χ3n) is 3.47. The Hall–Kier alpha value is -2.73. The van der Waals surface area contributed by atoms with Gasteiger partial charge >= 0.3 is 5.97 Å². The highest BCUT2D eigenvalue weighted by Gasteiger charge is 2.19. The van der Waals surface area contributed by atoms with Gasteiger partial charge in [-0.25, -0.2) is 4.79 Å². The van der Waals surface area contributed by atoms with E-state index in [1.807, 2.05) is 31.2 Å². The number of benzene rings is 1. The second-order valence-corrected chi connectivity index (χ2v) is 6.41.